The molecule has 0 aromatic rings. The molecule has 0 amide bonds. The molecular weight excluding hydrogens is 250 g/mol. The smallest absolute Gasteiger partial charge is 0.0610 e. The maximum atomic E-state index is 9.47. The zero-order chi connectivity index (χ0) is 14.8. The summed E-state index contributed by atoms with van der Waals surface area (Å²) in [5.41, 5.74) is -0.0887. The van der Waals surface area contributed by atoms with E-state index in [1.807, 2.05) is 0 Å². The molecule has 20 heavy (non-hydrogen) atoms. The minimum atomic E-state index is -0.0887. The van der Waals surface area contributed by atoms with Gasteiger partial charge in [0.25, 0.3) is 0 Å². The summed E-state index contributed by atoms with van der Waals surface area (Å²) in [6.07, 6.45) is 4.77. The van der Waals surface area contributed by atoms with Crippen LogP contribution in [0.25, 0.3) is 0 Å². The first kappa shape index (κ1) is 17.9. The first-order valence-corrected chi connectivity index (χ1v) is 8.44. The molecule has 4 heteroatoms. The van der Waals surface area contributed by atoms with Crippen molar-refractivity contribution in [1.29, 1.82) is 0 Å². The maximum Gasteiger partial charge on any atom is 0.0610 e. The molecule has 1 atom stereocenters. The normalized spacial score (nSPS) is 21.0. The number of rotatable bonds is 10. The molecule has 1 heterocycles. The number of hydrogen-bond donors (Lipinski definition) is 2. The molecule has 1 unspecified atom stereocenters. The second-order valence-electron chi connectivity index (χ2n) is 6.39. The van der Waals surface area contributed by atoms with Crippen LogP contribution in [0.2, 0.25) is 0 Å². The third kappa shape index (κ3) is 6.53. The van der Waals surface area contributed by atoms with E-state index in [1.54, 1.807) is 0 Å². The second kappa shape index (κ2) is 9.72. The summed E-state index contributed by atoms with van der Waals surface area (Å²) in [4.78, 5) is 5.17. The van der Waals surface area contributed by atoms with E-state index >= 15 is 0 Å². The van der Waals surface area contributed by atoms with Gasteiger partial charge in [0.15, 0.2) is 0 Å². The van der Waals surface area contributed by atoms with Crippen molar-refractivity contribution in [2.75, 3.05) is 52.4 Å². The Morgan fingerprint density at radius 2 is 1.60 bits per heavy atom. The van der Waals surface area contributed by atoms with Crippen molar-refractivity contribution in [2.45, 2.75) is 52.0 Å². The zero-order valence-electron chi connectivity index (χ0n) is 13.8. The van der Waals surface area contributed by atoms with Gasteiger partial charge in [-0.15, -0.1) is 0 Å². The van der Waals surface area contributed by atoms with Crippen LogP contribution in [0.1, 0.15) is 46.5 Å². The Balaban J connectivity index is 2.10. The van der Waals surface area contributed by atoms with Crippen LogP contribution in [0.4, 0.5) is 0 Å². The molecule has 0 aromatic heterocycles. The van der Waals surface area contributed by atoms with Crippen LogP contribution in [-0.4, -0.2) is 72.9 Å². The highest BCUT2D eigenvalue weighted by Crippen LogP contribution is 2.14. The number of likely N-dealkylation sites (N-methyl/N-ethyl adjacent to an activating group) is 1. The zero-order valence-corrected chi connectivity index (χ0v) is 13.8. The lowest BCUT2D eigenvalue weighted by atomic mass is 9.95. The largest absolute Gasteiger partial charge is 0.394 e. The lowest BCUT2D eigenvalue weighted by Crippen LogP contribution is -2.47. The van der Waals surface area contributed by atoms with Crippen molar-refractivity contribution in [2.24, 2.45) is 0 Å². The van der Waals surface area contributed by atoms with E-state index < -0.39 is 0 Å². The number of aliphatic hydroxyl groups is 1. The topological polar surface area (TPSA) is 38.7 Å². The highest BCUT2D eigenvalue weighted by atomic mass is 16.3. The molecule has 0 spiro atoms. The quantitative estimate of drug-likeness (QED) is 0.597. The van der Waals surface area contributed by atoms with E-state index in [1.165, 1.54) is 58.5 Å². The van der Waals surface area contributed by atoms with Gasteiger partial charge in [0.2, 0.25) is 0 Å². The molecule has 0 saturated carbocycles. The van der Waals surface area contributed by atoms with Gasteiger partial charge in [0.05, 0.1) is 6.61 Å². The lowest BCUT2D eigenvalue weighted by Gasteiger charge is -2.35. The maximum absolute atomic E-state index is 9.47. The van der Waals surface area contributed by atoms with E-state index in [4.69, 9.17) is 0 Å². The number of aliphatic hydroxyl groups excluding tert-OH is 1. The molecule has 0 bridgehead atoms. The van der Waals surface area contributed by atoms with Crippen LogP contribution in [-0.2, 0) is 0 Å². The summed E-state index contributed by atoms with van der Waals surface area (Å²) in [5.74, 6) is 0. The van der Waals surface area contributed by atoms with Crippen molar-refractivity contribution in [3.8, 4) is 0 Å². The molecule has 1 aliphatic heterocycles. The Morgan fingerprint density at radius 1 is 1.00 bits per heavy atom. The van der Waals surface area contributed by atoms with Gasteiger partial charge in [-0.25, -0.2) is 0 Å². The number of piperazine rings is 1. The molecular formula is C16H35N3O. The number of nitrogens with one attached hydrogen (secondary N) is 1. The van der Waals surface area contributed by atoms with Crippen molar-refractivity contribution in [1.82, 2.24) is 15.1 Å². The molecule has 1 rings (SSSR count). The molecule has 2 N–H and O–H groups in total. The minimum absolute atomic E-state index is 0.0887. The Hall–Kier alpha value is -0.160. The monoisotopic (exact) mass is 285 g/mol. The molecule has 4 nitrogen and oxygen atoms in total. The molecule has 1 saturated heterocycles. The van der Waals surface area contributed by atoms with Crippen LogP contribution in [0.5, 0.6) is 0 Å². The number of unbranched alkanes of at least 4 members (excludes halogenated alkanes) is 1. The van der Waals surface area contributed by atoms with Crippen molar-refractivity contribution < 1.29 is 5.11 Å². The fraction of sp³-hybridized carbons (Fsp3) is 1.00. The van der Waals surface area contributed by atoms with Crippen LogP contribution in [0.3, 0.4) is 0 Å². The number of hydrogen-bond acceptors (Lipinski definition) is 4. The fourth-order valence-corrected chi connectivity index (χ4v) is 3.05. The van der Waals surface area contributed by atoms with Gasteiger partial charge in [-0.05, 0) is 45.8 Å². The summed E-state index contributed by atoms with van der Waals surface area (Å²) in [5, 5.41) is 12.9. The van der Waals surface area contributed by atoms with Gasteiger partial charge in [0, 0.05) is 31.7 Å². The average molecular weight is 285 g/mol. The van der Waals surface area contributed by atoms with Crippen LogP contribution in [0, 0.1) is 0 Å². The third-order valence-corrected chi connectivity index (χ3v) is 4.41. The van der Waals surface area contributed by atoms with Gasteiger partial charge in [0.1, 0.15) is 0 Å². The van der Waals surface area contributed by atoms with Crippen molar-refractivity contribution in [3.63, 3.8) is 0 Å². The predicted molar refractivity (Wildman–Crippen MR) is 86.2 cm³/mol. The van der Waals surface area contributed by atoms with Crippen LogP contribution in [0.15, 0.2) is 0 Å². The highest BCUT2D eigenvalue weighted by molar-refractivity contribution is 4.81. The van der Waals surface area contributed by atoms with Crippen LogP contribution < -0.4 is 5.32 Å². The van der Waals surface area contributed by atoms with E-state index in [-0.39, 0.29) is 12.1 Å². The van der Waals surface area contributed by atoms with Crippen molar-refractivity contribution >= 4 is 0 Å². The van der Waals surface area contributed by atoms with Gasteiger partial charge in [-0.3, -0.25) is 0 Å². The Labute approximate surface area is 125 Å². The van der Waals surface area contributed by atoms with E-state index in [0.29, 0.717) is 0 Å². The SMILES string of the molecule is CCCN1CCN(CCCCC(C)(CO)NCC)CC1. The summed E-state index contributed by atoms with van der Waals surface area (Å²) < 4.78 is 0. The summed E-state index contributed by atoms with van der Waals surface area (Å²) in [6.45, 7) is 15.0. The molecule has 120 valence electrons. The van der Waals surface area contributed by atoms with E-state index in [2.05, 4.69) is 35.9 Å². The Kier molecular flexibility index (Phi) is 8.69. The first-order chi connectivity index (χ1) is 9.63. The first-order valence-electron chi connectivity index (χ1n) is 8.44. The average Bonchev–Trinajstić information content (AvgIpc) is 2.46. The Morgan fingerprint density at radius 3 is 2.10 bits per heavy atom. The summed E-state index contributed by atoms with van der Waals surface area (Å²) in [6, 6.07) is 0. The van der Waals surface area contributed by atoms with Gasteiger partial charge >= 0.3 is 0 Å². The summed E-state index contributed by atoms with van der Waals surface area (Å²) >= 11 is 0. The lowest BCUT2D eigenvalue weighted by molar-refractivity contribution is 0.127. The fourth-order valence-electron chi connectivity index (χ4n) is 3.05. The van der Waals surface area contributed by atoms with Crippen molar-refractivity contribution in [3.05, 3.63) is 0 Å². The highest BCUT2D eigenvalue weighted by Gasteiger charge is 2.21. The standard InChI is InChI=1S/C16H35N3O/c1-4-9-18-11-13-19(14-12-18)10-7-6-8-16(3,15-20)17-5-2/h17,20H,4-15H2,1-3H3. The molecule has 0 aliphatic carbocycles. The van der Waals surface area contributed by atoms with Gasteiger partial charge in [-0.2, -0.15) is 0 Å². The molecule has 1 fully saturated rings. The van der Waals surface area contributed by atoms with E-state index in [9.17, 15) is 5.11 Å². The second-order valence-corrected chi connectivity index (χ2v) is 6.39. The van der Waals surface area contributed by atoms with E-state index in [0.717, 1.165) is 13.0 Å². The molecule has 0 radical (unpaired) electrons. The van der Waals surface area contributed by atoms with Gasteiger partial charge in [-0.1, -0.05) is 20.3 Å². The minimum Gasteiger partial charge on any atom is -0.394 e. The predicted octanol–water partition coefficient (Wildman–Crippen LogP) is 1.54. The number of nitrogens with zero attached hydrogens (tertiary/aromatic N) is 2. The molecule has 0 aromatic carbocycles. The van der Waals surface area contributed by atoms with Crippen LogP contribution >= 0.6 is 0 Å². The third-order valence-electron chi connectivity index (χ3n) is 4.41. The summed E-state index contributed by atoms with van der Waals surface area (Å²) in [7, 11) is 0. The van der Waals surface area contributed by atoms with Gasteiger partial charge < -0.3 is 20.2 Å². The Bertz CT molecular complexity index is 242. The molecule has 1 aliphatic rings.